The van der Waals surface area contributed by atoms with Crippen molar-refractivity contribution >= 4 is 23.2 Å². The number of aromatic nitrogens is 2. The van der Waals surface area contributed by atoms with Crippen molar-refractivity contribution in [3.8, 4) is 11.4 Å². The SMILES string of the molecule is Cc1ccccc1NC(=O)C1CCCN(Cc2nc(-c3ccccc3Cl)no2)C1. The number of rotatable bonds is 5. The Hall–Kier alpha value is -2.70. The van der Waals surface area contributed by atoms with Crippen molar-refractivity contribution in [1.29, 1.82) is 0 Å². The number of piperidine rings is 1. The van der Waals surface area contributed by atoms with Gasteiger partial charge in [-0.15, -0.1) is 0 Å². The largest absolute Gasteiger partial charge is 0.338 e. The van der Waals surface area contributed by atoms with Crippen LogP contribution in [0.2, 0.25) is 5.02 Å². The maximum atomic E-state index is 12.7. The Bertz CT molecular complexity index is 1000. The van der Waals surface area contributed by atoms with Gasteiger partial charge in [0.15, 0.2) is 0 Å². The lowest BCUT2D eigenvalue weighted by Crippen LogP contribution is -2.40. The molecule has 1 atom stereocenters. The molecule has 3 aromatic rings. The van der Waals surface area contributed by atoms with Crippen molar-refractivity contribution in [2.45, 2.75) is 26.3 Å². The Morgan fingerprint density at radius 3 is 2.86 bits per heavy atom. The molecular formula is C22H23ClN4O2. The first-order valence-electron chi connectivity index (χ1n) is 9.76. The maximum Gasteiger partial charge on any atom is 0.241 e. The lowest BCUT2D eigenvalue weighted by atomic mass is 9.97. The van der Waals surface area contributed by atoms with Crippen molar-refractivity contribution in [3.05, 3.63) is 65.0 Å². The molecule has 150 valence electrons. The fourth-order valence-corrected chi connectivity index (χ4v) is 3.84. The first-order valence-corrected chi connectivity index (χ1v) is 10.1. The average Bonchev–Trinajstić information content (AvgIpc) is 3.18. The van der Waals surface area contributed by atoms with Crippen LogP contribution in [0.15, 0.2) is 53.1 Å². The number of hydrogen-bond donors (Lipinski definition) is 1. The van der Waals surface area contributed by atoms with Crippen LogP contribution < -0.4 is 5.32 Å². The second-order valence-corrected chi connectivity index (χ2v) is 7.78. The summed E-state index contributed by atoms with van der Waals surface area (Å²) >= 11 is 6.21. The van der Waals surface area contributed by atoms with Crippen molar-refractivity contribution in [2.75, 3.05) is 18.4 Å². The third kappa shape index (κ3) is 4.66. The summed E-state index contributed by atoms with van der Waals surface area (Å²) in [5, 5.41) is 7.71. The summed E-state index contributed by atoms with van der Waals surface area (Å²) in [5.74, 6) is 1.01. The van der Waals surface area contributed by atoms with Gasteiger partial charge in [0.05, 0.1) is 17.5 Å². The first kappa shape index (κ1) is 19.6. The van der Waals surface area contributed by atoms with Crippen LogP contribution >= 0.6 is 11.6 Å². The minimum Gasteiger partial charge on any atom is -0.338 e. The van der Waals surface area contributed by atoms with Crippen LogP contribution in [0.25, 0.3) is 11.4 Å². The molecule has 1 fully saturated rings. The Labute approximate surface area is 174 Å². The standard InChI is InChI=1S/C22H23ClN4O2/c1-15-7-2-5-11-19(15)24-22(28)16-8-6-12-27(13-16)14-20-25-21(26-29-20)17-9-3-4-10-18(17)23/h2-5,7,9-11,16H,6,8,12-14H2,1H3,(H,24,28). The third-order valence-corrected chi connectivity index (χ3v) is 5.55. The molecule has 0 bridgehead atoms. The number of carbonyl (C=O) groups excluding carboxylic acids is 1. The van der Waals surface area contributed by atoms with E-state index >= 15 is 0 Å². The topological polar surface area (TPSA) is 71.3 Å². The highest BCUT2D eigenvalue weighted by Gasteiger charge is 2.27. The van der Waals surface area contributed by atoms with E-state index in [4.69, 9.17) is 16.1 Å². The van der Waals surface area contributed by atoms with Crippen molar-refractivity contribution < 1.29 is 9.32 Å². The summed E-state index contributed by atoms with van der Waals surface area (Å²) in [6.07, 6.45) is 1.83. The normalized spacial score (nSPS) is 17.2. The molecule has 1 saturated heterocycles. The van der Waals surface area contributed by atoms with Gasteiger partial charge in [-0.2, -0.15) is 4.98 Å². The molecular weight excluding hydrogens is 388 g/mol. The smallest absolute Gasteiger partial charge is 0.241 e. The first-order chi connectivity index (χ1) is 14.1. The van der Waals surface area contributed by atoms with Crippen LogP contribution in [0.4, 0.5) is 5.69 Å². The highest BCUT2D eigenvalue weighted by atomic mass is 35.5. The van der Waals surface area contributed by atoms with Gasteiger partial charge in [0.1, 0.15) is 0 Å². The van der Waals surface area contributed by atoms with Gasteiger partial charge >= 0.3 is 0 Å². The molecule has 0 aliphatic carbocycles. The number of aryl methyl sites for hydroxylation is 1. The van der Waals surface area contributed by atoms with E-state index in [9.17, 15) is 4.79 Å². The van der Waals surface area contributed by atoms with Gasteiger partial charge in [-0.1, -0.05) is 47.1 Å². The van der Waals surface area contributed by atoms with Crippen LogP contribution in [0, 0.1) is 12.8 Å². The van der Waals surface area contributed by atoms with E-state index in [-0.39, 0.29) is 11.8 Å². The lowest BCUT2D eigenvalue weighted by molar-refractivity contribution is -0.121. The molecule has 1 unspecified atom stereocenters. The van der Waals surface area contributed by atoms with E-state index in [0.717, 1.165) is 36.2 Å². The molecule has 1 aromatic heterocycles. The number of nitrogens with one attached hydrogen (secondary N) is 1. The zero-order valence-corrected chi connectivity index (χ0v) is 17.0. The molecule has 2 aromatic carbocycles. The summed E-state index contributed by atoms with van der Waals surface area (Å²) in [6, 6.07) is 15.2. The number of benzene rings is 2. The summed E-state index contributed by atoms with van der Waals surface area (Å²) in [4.78, 5) is 19.4. The summed E-state index contributed by atoms with van der Waals surface area (Å²) in [5.41, 5.74) is 2.68. The van der Waals surface area contributed by atoms with Crippen LogP contribution in [0.5, 0.6) is 0 Å². The highest BCUT2D eigenvalue weighted by molar-refractivity contribution is 6.33. The molecule has 2 heterocycles. The molecule has 0 spiro atoms. The predicted molar refractivity (Wildman–Crippen MR) is 113 cm³/mol. The molecule has 29 heavy (non-hydrogen) atoms. The van der Waals surface area contributed by atoms with Crippen LogP contribution in [0.3, 0.4) is 0 Å². The zero-order chi connectivity index (χ0) is 20.2. The Kier molecular flexibility index (Phi) is 5.92. The fraction of sp³-hybridized carbons (Fsp3) is 0.318. The second-order valence-electron chi connectivity index (χ2n) is 7.37. The number of amides is 1. The van der Waals surface area contributed by atoms with Crippen LogP contribution in [0.1, 0.15) is 24.3 Å². The van der Waals surface area contributed by atoms with E-state index < -0.39 is 0 Å². The Morgan fingerprint density at radius 1 is 1.24 bits per heavy atom. The molecule has 1 amide bonds. The number of halogens is 1. The van der Waals surface area contributed by atoms with E-state index in [0.29, 0.717) is 29.8 Å². The van der Waals surface area contributed by atoms with Gasteiger partial charge in [0.25, 0.3) is 0 Å². The van der Waals surface area contributed by atoms with Gasteiger partial charge in [-0.3, -0.25) is 9.69 Å². The molecule has 4 rings (SSSR count). The summed E-state index contributed by atoms with van der Waals surface area (Å²) in [6.45, 7) is 4.08. The molecule has 1 N–H and O–H groups in total. The maximum absolute atomic E-state index is 12.7. The third-order valence-electron chi connectivity index (χ3n) is 5.22. The van der Waals surface area contributed by atoms with Crippen LogP contribution in [-0.4, -0.2) is 34.0 Å². The lowest BCUT2D eigenvalue weighted by Gasteiger charge is -2.31. The summed E-state index contributed by atoms with van der Waals surface area (Å²) in [7, 11) is 0. The Balaban J connectivity index is 1.39. The van der Waals surface area contributed by atoms with E-state index in [1.165, 1.54) is 0 Å². The minimum atomic E-state index is -0.0608. The number of nitrogens with zero attached hydrogens (tertiary/aromatic N) is 3. The molecule has 1 aliphatic heterocycles. The van der Waals surface area contributed by atoms with E-state index in [1.807, 2.05) is 49.4 Å². The molecule has 0 saturated carbocycles. The number of hydrogen-bond acceptors (Lipinski definition) is 5. The van der Waals surface area contributed by atoms with Gasteiger partial charge in [-0.25, -0.2) is 0 Å². The van der Waals surface area contributed by atoms with Crippen molar-refractivity contribution in [3.63, 3.8) is 0 Å². The molecule has 7 heteroatoms. The van der Waals surface area contributed by atoms with Crippen molar-refractivity contribution in [2.24, 2.45) is 5.92 Å². The van der Waals surface area contributed by atoms with Gasteiger partial charge in [0, 0.05) is 17.8 Å². The average molecular weight is 411 g/mol. The monoisotopic (exact) mass is 410 g/mol. The zero-order valence-electron chi connectivity index (χ0n) is 16.3. The molecule has 6 nitrogen and oxygen atoms in total. The molecule has 1 aliphatic rings. The molecule has 0 radical (unpaired) electrons. The second kappa shape index (κ2) is 8.76. The number of para-hydroxylation sites is 1. The number of carbonyl (C=O) groups is 1. The summed E-state index contributed by atoms with van der Waals surface area (Å²) < 4.78 is 5.42. The quantitative estimate of drug-likeness (QED) is 0.668. The highest BCUT2D eigenvalue weighted by Crippen LogP contribution is 2.26. The Morgan fingerprint density at radius 2 is 2.03 bits per heavy atom. The van der Waals surface area contributed by atoms with E-state index in [1.54, 1.807) is 6.07 Å². The predicted octanol–water partition coefficient (Wildman–Crippen LogP) is 4.55. The van der Waals surface area contributed by atoms with Gasteiger partial charge in [0.2, 0.25) is 17.6 Å². The van der Waals surface area contributed by atoms with E-state index in [2.05, 4.69) is 20.4 Å². The number of likely N-dealkylation sites (tertiary alicyclic amines) is 1. The van der Waals surface area contributed by atoms with Crippen molar-refractivity contribution in [1.82, 2.24) is 15.0 Å². The van der Waals surface area contributed by atoms with Gasteiger partial charge in [-0.05, 0) is 50.1 Å². The number of anilines is 1. The minimum absolute atomic E-state index is 0.0608. The van der Waals surface area contributed by atoms with Crippen LogP contribution in [-0.2, 0) is 11.3 Å². The fourth-order valence-electron chi connectivity index (χ4n) is 3.62. The van der Waals surface area contributed by atoms with Gasteiger partial charge < -0.3 is 9.84 Å².